The molecule has 0 amide bonds. The van der Waals surface area contributed by atoms with Gasteiger partial charge in [-0.05, 0) is 18.5 Å². The van der Waals surface area contributed by atoms with Crippen molar-refractivity contribution in [2.24, 2.45) is 12.5 Å². The average molecular weight is 263 g/mol. The Morgan fingerprint density at radius 1 is 1.37 bits per heavy atom. The molecule has 0 aliphatic heterocycles. The van der Waals surface area contributed by atoms with E-state index in [2.05, 4.69) is 48.0 Å². The fourth-order valence-corrected chi connectivity index (χ4v) is 2.05. The second-order valence-corrected chi connectivity index (χ2v) is 6.12. The maximum atomic E-state index is 5.26. The number of aromatic nitrogens is 4. The van der Waals surface area contributed by atoms with Crippen LogP contribution in [0.2, 0.25) is 0 Å². The minimum Gasteiger partial charge on any atom is -0.337 e. The van der Waals surface area contributed by atoms with Gasteiger partial charge in [-0.2, -0.15) is 10.1 Å². The highest BCUT2D eigenvalue weighted by Crippen LogP contribution is 2.17. The van der Waals surface area contributed by atoms with Gasteiger partial charge < -0.3 is 4.52 Å². The van der Waals surface area contributed by atoms with Crippen LogP contribution < -0.4 is 0 Å². The van der Waals surface area contributed by atoms with Crippen LogP contribution in [-0.4, -0.2) is 38.4 Å². The first kappa shape index (κ1) is 13.7. The fraction of sp³-hybridized carbons (Fsp3) is 0.615. The first-order valence-electron chi connectivity index (χ1n) is 6.35. The van der Waals surface area contributed by atoms with Gasteiger partial charge in [-0.25, -0.2) is 0 Å². The predicted molar refractivity (Wildman–Crippen MR) is 72.3 cm³/mol. The first-order chi connectivity index (χ1) is 8.83. The van der Waals surface area contributed by atoms with Gasteiger partial charge in [-0.1, -0.05) is 25.9 Å². The number of hydrogen-bond acceptors (Lipinski definition) is 5. The van der Waals surface area contributed by atoms with Crippen LogP contribution in [0, 0.1) is 5.41 Å². The van der Waals surface area contributed by atoms with Gasteiger partial charge in [0.1, 0.15) is 5.69 Å². The van der Waals surface area contributed by atoms with Crippen LogP contribution in [0.4, 0.5) is 0 Å². The molecule has 0 saturated heterocycles. The molecule has 2 aromatic heterocycles. The maximum absolute atomic E-state index is 5.26. The minimum absolute atomic E-state index is 0.249. The Labute approximate surface area is 113 Å². The summed E-state index contributed by atoms with van der Waals surface area (Å²) in [5.74, 6) is 1.16. The summed E-state index contributed by atoms with van der Waals surface area (Å²) in [6.45, 7) is 8.23. The van der Waals surface area contributed by atoms with Crippen LogP contribution in [0.15, 0.2) is 16.8 Å². The van der Waals surface area contributed by atoms with Crippen LogP contribution in [0.5, 0.6) is 0 Å². The summed E-state index contributed by atoms with van der Waals surface area (Å²) >= 11 is 0. The van der Waals surface area contributed by atoms with Crippen molar-refractivity contribution < 1.29 is 4.52 Å². The molecule has 0 aromatic carbocycles. The Morgan fingerprint density at radius 3 is 2.68 bits per heavy atom. The molecule has 0 spiro atoms. The second-order valence-electron chi connectivity index (χ2n) is 6.12. The molecule has 0 aliphatic rings. The molecule has 19 heavy (non-hydrogen) atoms. The monoisotopic (exact) mass is 263 g/mol. The molecule has 0 fully saturated rings. The van der Waals surface area contributed by atoms with Crippen LogP contribution >= 0.6 is 0 Å². The van der Waals surface area contributed by atoms with Crippen molar-refractivity contribution in [1.82, 2.24) is 24.8 Å². The molecule has 0 saturated carbocycles. The zero-order chi connectivity index (χ0) is 14.0. The molecule has 6 heteroatoms. The molecule has 0 unspecified atom stereocenters. The highest BCUT2D eigenvalue weighted by molar-refractivity contribution is 5.46. The normalized spacial score (nSPS) is 12.3. The van der Waals surface area contributed by atoms with E-state index in [9.17, 15) is 0 Å². The lowest BCUT2D eigenvalue weighted by Crippen LogP contribution is -2.28. The molecule has 0 bridgehead atoms. The predicted octanol–water partition coefficient (Wildman–Crippen LogP) is 1.95. The molecule has 0 atom stereocenters. The largest absolute Gasteiger partial charge is 0.337 e. The van der Waals surface area contributed by atoms with Gasteiger partial charge in [0.05, 0.1) is 6.54 Å². The number of hydrogen-bond donors (Lipinski definition) is 0. The zero-order valence-corrected chi connectivity index (χ0v) is 12.2. The summed E-state index contributed by atoms with van der Waals surface area (Å²) in [5, 5.41) is 8.21. The molecule has 0 radical (unpaired) electrons. The third-order valence-electron chi connectivity index (χ3n) is 2.56. The van der Waals surface area contributed by atoms with Crippen molar-refractivity contribution >= 4 is 0 Å². The quantitative estimate of drug-likeness (QED) is 0.843. The number of nitrogens with zero attached hydrogens (tertiary/aromatic N) is 5. The second kappa shape index (κ2) is 5.13. The highest BCUT2D eigenvalue weighted by Gasteiger charge is 2.17. The third kappa shape index (κ3) is 3.89. The fourth-order valence-electron chi connectivity index (χ4n) is 2.05. The summed E-state index contributed by atoms with van der Waals surface area (Å²) < 4.78 is 6.98. The third-order valence-corrected chi connectivity index (χ3v) is 2.56. The zero-order valence-electron chi connectivity index (χ0n) is 12.2. The number of aryl methyl sites for hydroxylation is 1. The Hall–Kier alpha value is -1.69. The minimum atomic E-state index is 0.249. The summed E-state index contributed by atoms with van der Waals surface area (Å²) in [4.78, 5) is 6.54. The Bertz CT molecular complexity index is 537. The summed E-state index contributed by atoms with van der Waals surface area (Å²) in [7, 11) is 3.91. The van der Waals surface area contributed by atoms with Gasteiger partial charge in [0.25, 0.3) is 0 Å². The topological polar surface area (TPSA) is 60.0 Å². The highest BCUT2D eigenvalue weighted by atomic mass is 16.5. The van der Waals surface area contributed by atoms with Gasteiger partial charge in [0.2, 0.25) is 11.7 Å². The van der Waals surface area contributed by atoms with Gasteiger partial charge in [0.15, 0.2) is 0 Å². The smallest absolute Gasteiger partial charge is 0.241 e. The summed E-state index contributed by atoms with van der Waals surface area (Å²) in [6, 6.07) is 1.87. The van der Waals surface area contributed by atoms with Crippen molar-refractivity contribution in [2.45, 2.75) is 27.3 Å². The van der Waals surface area contributed by atoms with Gasteiger partial charge in [-0.3, -0.25) is 9.58 Å². The van der Waals surface area contributed by atoms with Crippen molar-refractivity contribution in [3.05, 3.63) is 18.2 Å². The lowest BCUT2D eigenvalue weighted by atomic mass is 9.96. The number of rotatable bonds is 4. The molecule has 104 valence electrons. The first-order valence-corrected chi connectivity index (χ1v) is 6.35. The van der Waals surface area contributed by atoms with E-state index in [1.807, 2.05) is 19.3 Å². The molecule has 2 heterocycles. The van der Waals surface area contributed by atoms with E-state index >= 15 is 0 Å². The molecular formula is C13H21N5O. The van der Waals surface area contributed by atoms with Crippen molar-refractivity contribution in [2.75, 3.05) is 13.6 Å². The maximum Gasteiger partial charge on any atom is 0.241 e. The van der Waals surface area contributed by atoms with Crippen LogP contribution in [-0.2, 0) is 13.6 Å². The standard InChI is InChI=1S/C13H21N5O/c1-13(2,3)9-17(4)8-11-14-12(16-19-11)10-6-7-18(5)15-10/h6-7H,8-9H2,1-5H3. The van der Waals surface area contributed by atoms with Gasteiger partial charge in [-0.15, -0.1) is 0 Å². The molecule has 0 aliphatic carbocycles. The van der Waals surface area contributed by atoms with Crippen LogP contribution in [0.3, 0.4) is 0 Å². The van der Waals surface area contributed by atoms with Crippen LogP contribution in [0.1, 0.15) is 26.7 Å². The molecular weight excluding hydrogens is 242 g/mol. The molecule has 6 nitrogen and oxygen atoms in total. The van der Waals surface area contributed by atoms with E-state index in [-0.39, 0.29) is 5.41 Å². The van der Waals surface area contributed by atoms with E-state index in [0.29, 0.717) is 18.3 Å². The van der Waals surface area contributed by atoms with E-state index in [4.69, 9.17) is 4.52 Å². The molecule has 2 rings (SSSR count). The van der Waals surface area contributed by atoms with Gasteiger partial charge in [0, 0.05) is 19.8 Å². The van der Waals surface area contributed by atoms with Crippen LogP contribution in [0.25, 0.3) is 11.5 Å². The Kier molecular flexibility index (Phi) is 3.71. The van der Waals surface area contributed by atoms with E-state index in [0.717, 1.165) is 12.2 Å². The lowest BCUT2D eigenvalue weighted by Gasteiger charge is -2.25. The Morgan fingerprint density at radius 2 is 2.11 bits per heavy atom. The van der Waals surface area contributed by atoms with Gasteiger partial charge >= 0.3 is 0 Å². The average Bonchev–Trinajstić information content (AvgIpc) is 2.83. The lowest BCUT2D eigenvalue weighted by molar-refractivity contribution is 0.198. The SMILES string of the molecule is CN(Cc1nc(-c2ccn(C)n2)no1)CC(C)(C)C. The van der Waals surface area contributed by atoms with Crippen molar-refractivity contribution in [3.8, 4) is 11.5 Å². The van der Waals surface area contributed by atoms with E-state index in [1.165, 1.54) is 0 Å². The molecule has 2 aromatic rings. The van der Waals surface area contributed by atoms with E-state index in [1.54, 1.807) is 4.68 Å². The van der Waals surface area contributed by atoms with E-state index < -0.39 is 0 Å². The Balaban J connectivity index is 2.01. The molecule has 0 N–H and O–H groups in total. The summed E-state index contributed by atoms with van der Waals surface area (Å²) in [6.07, 6.45) is 1.86. The van der Waals surface area contributed by atoms with Crippen molar-refractivity contribution in [1.29, 1.82) is 0 Å². The van der Waals surface area contributed by atoms with Crippen molar-refractivity contribution in [3.63, 3.8) is 0 Å². The summed E-state index contributed by atoms with van der Waals surface area (Å²) in [5.41, 5.74) is 0.981.